The first-order chi connectivity index (χ1) is 16.9. The minimum Gasteiger partial charge on any atom is -0.344 e. The van der Waals surface area contributed by atoms with Gasteiger partial charge in [0.2, 0.25) is 0 Å². The van der Waals surface area contributed by atoms with Crippen molar-refractivity contribution in [2.45, 2.75) is 33.6 Å². The van der Waals surface area contributed by atoms with Crippen LogP contribution in [0, 0.1) is 13.8 Å². The van der Waals surface area contributed by atoms with Gasteiger partial charge in [-0.2, -0.15) is 0 Å². The summed E-state index contributed by atoms with van der Waals surface area (Å²) in [5.74, 6) is 0.562. The quantitative estimate of drug-likeness (QED) is 0.232. The number of rotatable bonds is 1. The van der Waals surface area contributed by atoms with Crippen LogP contribution >= 0.6 is 0 Å². The molecule has 0 amide bonds. The van der Waals surface area contributed by atoms with Crippen LogP contribution in [0.4, 0.5) is 0 Å². The van der Waals surface area contributed by atoms with Gasteiger partial charge in [-0.05, 0) is 54.3 Å². The molecule has 0 aliphatic rings. The molecule has 1 nitrogen and oxygen atoms in total. The minimum atomic E-state index is 0.562. The van der Waals surface area contributed by atoms with Crippen molar-refractivity contribution in [3.63, 3.8) is 0 Å². The van der Waals surface area contributed by atoms with Crippen LogP contribution in [0.15, 0.2) is 115 Å². The summed E-state index contributed by atoms with van der Waals surface area (Å²) in [6, 6.07) is 40.6. The molecule has 0 spiro atoms. The van der Waals surface area contributed by atoms with E-state index in [9.17, 15) is 0 Å². The summed E-state index contributed by atoms with van der Waals surface area (Å²) in [5, 5.41) is 5.31. The molecule has 0 radical (unpaired) electrons. The van der Waals surface area contributed by atoms with Gasteiger partial charge in [0.1, 0.15) is 0 Å². The van der Waals surface area contributed by atoms with Crippen molar-refractivity contribution < 1.29 is 0 Å². The Bertz CT molecular complexity index is 1490. The smallest absolute Gasteiger partial charge is 0.0495 e. The second-order valence-corrected chi connectivity index (χ2v) is 9.52. The fourth-order valence-corrected chi connectivity index (χ4v) is 4.33. The Kier molecular flexibility index (Phi) is 7.67. The summed E-state index contributed by atoms with van der Waals surface area (Å²) in [6.07, 6.45) is 0. The Labute approximate surface area is 209 Å². The molecule has 0 N–H and O–H groups in total. The van der Waals surface area contributed by atoms with E-state index in [2.05, 4.69) is 118 Å². The van der Waals surface area contributed by atoms with Gasteiger partial charge in [0.15, 0.2) is 0 Å². The lowest BCUT2D eigenvalue weighted by Crippen LogP contribution is -1.90. The van der Waals surface area contributed by atoms with E-state index in [1.807, 2.05) is 36.4 Å². The van der Waals surface area contributed by atoms with Gasteiger partial charge >= 0.3 is 0 Å². The topological polar surface area (TPSA) is 4.93 Å². The van der Waals surface area contributed by atoms with E-state index < -0.39 is 0 Å². The number of hydrogen-bond donors (Lipinski definition) is 0. The normalized spacial score (nSPS) is 10.7. The molecule has 35 heavy (non-hydrogen) atoms. The maximum atomic E-state index is 2.34. The van der Waals surface area contributed by atoms with Gasteiger partial charge in [-0.15, -0.1) is 0 Å². The van der Waals surface area contributed by atoms with Gasteiger partial charge < -0.3 is 4.57 Å². The molecule has 0 aliphatic heterocycles. The van der Waals surface area contributed by atoms with Crippen LogP contribution in [0.25, 0.3) is 32.6 Å². The van der Waals surface area contributed by atoms with Crippen LogP contribution < -0.4 is 0 Å². The van der Waals surface area contributed by atoms with Crippen LogP contribution in [0.5, 0.6) is 0 Å². The number of nitrogens with zero attached hydrogens (tertiary/aromatic N) is 1. The number of benzene rings is 5. The van der Waals surface area contributed by atoms with Crippen molar-refractivity contribution in [2.75, 3.05) is 0 Å². The van der Waals surface area contributed by atoms with Crippen molar-refractivity contribution in [3.8, 4) is 0 Å². The number of fused-ring (bicyclic) bond motifs is 4. The van der Waals surface area contributed by atoms with E-state index >= 15 is 0 Å². The molecule has 1 aromatic heterocycles. The van der Waals surface area contributed by atoms with Gasteiger partial charge in [0.25, 0.3) is 0 Å². The van der Waals surface area contributed by atoms with Crippen LogP contribution in [0.1, 0.15) is 36.5 Å². The largest absolute Gasteiger partial charge is 0.344 e. The fraction of sp³-hybridized carbons (Fsp3) is 0.176. The first-order valence-corrected chi connectivity index (χ1v) is 12.4. The van der Waals surface area contributed by atoms with E-state index in [4.69, 9.17) is 0 Å². The number of aromatic nitrogens is 1. The van der Waals surface area contributed by atoms with E-state index in [0.717, 1.165) is 0 Å². The summed E-state index contributed by atoms with van der Waals surface area (Å²) < 4.78 is 2.32. The molecule has 0 aliphatic carbocycles. The lowest BCUT2D eigenvalue weighted by atomic mass is 10.0. The van der Waals surface area contributed by atoms with Crippen LogP contribution in [-0.2, 0) is 7.05 Å². The molecule has 0 saturated heterocycles. The van der Waals surface area contributed by atoms with Gasteiger partial charge in [-0.25, -0.2) is 0 Å². The minimum absolute atomic E-state index is 0.562. The highest BCUT2D eigenvalue weighted by Gasteiger charge is 2.10. The van der Waals surface area contributed by atoms with Crippen molar-refractivity contribution >= 4 is 32.6 Å². The van der Waals surface area contributed by atoms with Crippen molar-refractivity contribution in [1.82, 2.24) is 4.57 Å². The van der Waals surface area contributed by atoms with Crippen molar-refractivity contribution in [1.29, 1.82) is 0 Å². The summed E-state index contributed by atoms with van der Waals surface area (Å²) >= 11 is 0. The molecule has 1 heteroatoms. The first-order valence-electron chi connectivity index (χ1n) is 12.4. The second-order valence-electron chi connectivity index (χ2n) is 9.52. The third-order valence-corrected chi connectivity index (χ3v) is 6.45. The average Bonchev–Trinajstić information content (AvgIpc) is 3.15. The van der Waals surface area contributed by atoms with Crippen LogP contribution in [0.3, 0.4) is 0 Å². The zero-order chi connectivity index (χ0) is 24.8. The molecule has 5 aromatic carbocycles. The molecule has 0 atom stereocenters. The molecular weight excluding hydrogens is 422 g/mol. The van der Waals surface area contributed by atoms with Crippen molar-refractivity contribution in [2.24, 2.45) is 7.05 Å². The zero-order valence-electron chi connectivity index (χ0n) is 21.5. The second kappa shape index (κ2) is 11.1. The number of hydrogen-bond acceptors (Lipinski definition) is 0. The van der Waals surface area contributed by atoms with Gasteiger partial charge in [-0.3, -0.25) is 0 Å². The highest BCUT2D eigenvalue weighted by molar-refractivity contribution is 6.12. The third kappa shape index (κ3) is 5.81. The molecule has 176 valence electrons. The third-order valence-electron chi connectivity index (χ3n) is 6.45. The average molecular weight is 458 g/mol. The maximum Gasteiger partial charge on any atom is 0.0495 e. The van der Waals surface area contributed by atoms with Gasteiger partial charge in [-0.1, -0.05) is 122 Å². The van der Waals surface area contributed by atoms with Gasteiger partial charge in [0.05, 0.1) is 0 Å². The Hall–Kier alpha value is -3.84. The Morgan fingerprint density at radius 1 is 0.514 bits per heavy atom. The van der Waals surface area contributed by atoms with Crippen LogP contribution in [-0.4, -0.2) is 4.57 Å². The molecule has 0 saturated carbocycles. The highest BCUT2D eigenvalue weighted by atomic mass is 14.9. The number of aryl methyl sites for hydroxylation is 3. The Morgan fingerprint density at radius 2 is 1.00 bits per heavy atom. The summed E-state index contributed by atoms with van der Waals surface area (Å²) in [6.45, 7) is 8.66. The van der Waals surface area contributed by atoms with E-state index in [1.165, 1.54) is 49.3 Å². The fourth-order valence-electron chi connectivity index (χ4n) is 4.33. The predicted octanol–water partition coefficient (Wildman–Crippen LogP) is 9.60. The lowest BCUT2D eigenvalue weighted by Gasteiger charge is -2.06. The van der Waals surface area contributed by atoms with E-state index in [1.54, 1.807) is 0 Å². The standard InChI is InChI=1S/C20H19N.2C7H8/c1-13(2)14-8-9-17-18-10-15-6-4-5-7-16(15)12-20(18)21(3)19(17)11-14;2*1-7-5-3-2-4-6-7/h4-13H,1-3H3;2*2-6H,1H3. The highest BCUT2D eigenvalue weighted by Crippen LogP contribution is 2.33. The molecule has 0 fully saturated rings. The van der Waals surface area contributed by atoms with E-state index in [-0.39, 0.29) is 0 Å². The summed E-state index contributed by atoms with van der Waals surface area (Å²) in [7, 11) is 2.17. The monoisotopic (exact) mass is 457 g/mol. The molecule has 0 bridgehead atoms. The van der Waals surface area contributed by atoms with E-state index in [0.29, 0.717) is 5.92 Å². The Morgan fingerprint density at radius 3 is 1.49 bits per heavy atom. The SMILES string of the molecule is CC(C)c1ccc2c3cc4ccccc4cc3n(C)c2c1.Cc1ccccc1.Cc1ccccc1. The van der Waals surface area contributed by atoms with Crippen LogP contribution in [0.2, 0.25) is 0 Å². The Balaban J connectivity index is 0.000000168. The molecule has 0 unspecified atom stereocenters. The molecule has 6 aromatic rings. The first kappa shape index (κ1) is 24.3. The maximum absolute atomic E-state index is 2.34. The summed E-state index contributed by atoms with van der Waals surface area (Å²) in [5.41, 5.74) is 6.68. The predicted molar refractivity (Wildman–Crippen MR) is 154 cm³/mol. The van der Waals surface area contributed by atoms with Crippen molar-refractivity contribution in [3.05, 3.63) is 132 Å². The lowest BCUT2D eigenvalue weighted by molar-refractivity contribution is 0.866. The van der Waals surface area contributed by atoms with Gasteiger partial charge in [0, 0.05) is 28.9 Å². The zero-order valence-corrected chi connectivity index (χ0v) is 21.5. The molecule has 1 heterocycles. The molecular formula is C34H35N. The summed E-state index contributed by atoms with van der Waals surface area (Å²) in [4.78, 5) is 0. The molecule has 6 rings (SSSR count).